The van der Waals surface area contributed by atoms with Crippen LogP contribution in [0.2, 0.25) is 0 Å². The number of aryl methyl sites for hydroxylation is 1. The van der Waals surface area contributed by atoms with E-state index in [1.807, 2.05) is 0 Å². The second-order valence-corrected chi connectivity index (χ2v) is 23.6. The zero-order valence-corrected chi connectivity index (χ0v) is 52.4. The Morgan fingerprint density at radius 3 is 1.35 bits per heavy atom. The molecule has 8 rings (SSSR count). The highest BCUT2D eigenvalue weighted by molar-refractivity contribution is 6.47. The van der Waals surface area contributed by atoms with Gasteiger partial charge in [0.1, 0.15) is 45.6 Å². The van der Waals surface area contributed by atoms with Crippen LogP contribution in [0, 0.1) is 29.4 Å². The quantitative estimate of drug-likeness (QED) is 0.0366. The summed E-state index contributed by atoms with van der Waals surface area (Å²) in [5.41, 5.74) is -1.74. The molecule has 96 heavy (non-hydrogen) atoms. The zero-order chi connectivity index (χ0) is 69.3. The normalized spacial score (nSPS) is 16.6. The molecule has 0 radical (unpaired) electrons. The summed E-state index contributed by atoms with van der Waals surface area (Å²) in [7, 11) is -3.47. The Morgan fingerprint density at radius 1 is 0.604 bits per heavy atom. The number of carbonyl (C=O) groups excluding carboxylic acids is 12. The van der Waals surface area contributed by atoms with Gasteiger partial charge in [0.05, 0.1) is 28.9 Å². The Balaban J connectivity index is 0.000000340. The summed E-state index contributed by atoms with van der Waals surface area (Å²) in [6.07, 6.45) is 1.93. The predicted molar refractivity (Wildman–Crippen MR) is 332 cm³/mol. The van der Waals surface area contributed by atoms with E-state index in [4.69, 9.17) is 28.3 Å². The number of carbonyl (C=O) groups is 12. The topological polar surface area (TPSA) is 408 Å². The van der Waals surface area contributed by atoms with Crippen molar-refractivity contribution >= 4 is 85.6 Å². The first kappa shape index (κ1) is 76.4. The summed E-state index contributed by atoms with van der Waals surface area (Å²) in [5.74, 6) is -14.3. The fourth-order valence-electron chi connectivity index (χ4n) is 9.48. The molecule has 35 heteroatoms. The van der Waals surface area contributed by atoms with Crippen LogP contribution in [0.25, 0.3) is 0 Å². The van der Waals surface area contributed by atoms with Gasteiger partial charge in [-0.15, -0.1) is 0 Å². The number of pyridine rings is 2. The van der Waals surface area contributed by atoms with Crippen LogP contribution in [-0.4, -0.2) is 195 Å². The van der Waals surface area contributed by atoms with Crippen molar-refractivity contribution in [3.63, 3.8) is 0 Å². The minimum atomic E-state index is -1.90. The Hall–Kier alpha value is -10.3. The molecule has 6 heterocycles. The number of aromatic hydroxyl groups is 1. The van der Waals surface area contributed by atoms with Crippen molar-refractivity contribution < 1.29 is 110 Å². The number of nitrogens with one attached hydrogen (secondary N) is 4. The number of piperazine rings is 2. The number of rotatable bonds is 16. The van der Waals surface area contributed by atoms with E-state index in [1.165, 1.54) is 40.3 Å². The van der Waals surface area contributed by atoms with Crippen LogP contribution in [0.1, 0.15) is 131 Å². The summed E-state index contributed by atoms with van der Waals surface area (Å²) in [4.78, 5) is 164. The second kappa shape index (κ2) is 32.2. The van der Waals surface area contributed by atoms with Gasteiger partial charge in [-0.3, -0.25) is 58.1 Å². The molecule has 0 saturated carbocycles. The first-order chi connectivity index (χ1) is 44.2. The van der Waals surface area contributed by atoms with E-state index in [1.54, 1.807) is 74.4 Å². The van der Waals surface area contributed by atoms with Crippen molar-refractivity contribution in [1.82, 2.24) is 50.8 Å². The lowest BCUT2D eigenvalue weighted by molar-refractivity contribution is -0.162. The van der Waals surface area contributed by atoms with Gasteiger partial charge in [0.15, 0.2) is 17.9 Å². The lowest BCUT2D eigenvalue weighted by Gasteiger charge is -2.33. The van der Waals surface area contributed by atoms with Crippen LogP contribution >= 0.6 is 0 Å². The molecule has 4 atom stereocenters. The van der Waals surface area contributed by atoms with Crippen LogP contribution in [0.3, 0.4) is 0 Å². The molecule has 7 N–H and O–H groups in total. The molecular weight excluding hydrogens is 1270 g/mol. The van der Waals surface area contributed by atoms with Gasteiger partial charge < -0.3 is 74.5 Å². The van der Waals surface area contributed by atoms with E-state index in [0.717, 1.165) is 12.3 Å². The lowest BCUT2D eigenvalue weighted by atomic mass is 9.72. The lowest BCUT2D eigenvalue weighted by Crippen LogP contribution is -2.60. The van der Waals surface area contributed by atoms with Gasteiger partial charge in [-0.2, -0.15) is 0 Å². The van der Waals surface area contributed by atoms with E-state index in [9.17, 15) is 77.1 Å². The van der Waals surface area contributed by atoms with Gasteiger partial charge in [0, 0.05) is 51.5 Å². The van der Waals surface area contributed by atoms with Crippen molar-refractivity contribution in [2.24, 2.45) is 10.8 Å². The first-order valence-electron chi connectivity index (χ1n) is 29.3. The maximum absolute atomic E-state index is 15.1. The molecule has 2 saturated heterocycles. The van der Waals surface area contributed by atoms with Crippen LogP contribution in [0.4, 0.5) is 18.4 Å². The predicted octanol–water partition coefficient (Wildman–Crippen LogP) is 2.30. The molecule has 0 bridgehead atoms. The minimum Gasteiger partial charge on any atom is -0.534 e. The number of para-hydroxylation sites is 2. The average Bonchev–Trinajstić information content (AvgIpc) is 0.804. The molecular formula is C61H76B2F2N10O21. The summed E-state index contributed by atoms with van der Waals surface area (Å²) < 4.78 is 61.1. The number of aromatic nitrogens is 2. The maximum atomic E-state index is 15.1. The third-order valence-corrected chi connectivity index (χ3v) is 14.7. The molecule has 0 spiro atoms. The number of hydrogen-bond acceptors (Lipinski definition) is 23. The number of benzene rings is 2. The van der Waals surface area contributed by atoms with Crippen molar-refractivity contribution in [1.29, 1.82) is 0 Å². The van der Waals surface area contributed by atoms with Gasteiger partial charge in [-0.1, -0.05) is 39.1 Å². The molecule has 2 unspecified atom stereocenters. The summed E-state index contributed by atoms with van der Waals surface area (Å²) in [6.45, 7) is 13.6. The molecule has 2 aromatic carbocycles. The Bertz CT molecular complexity index is 3430. The van der Waals surface area contributed by atoms with Crippen molar-refractivity contribution in [3.05, 3.63) is 112 Å². The molecule has 10 amide bonds. The fourth-order valence-corrected chi connectivity index (χ4v) is 9.48. The van der Waals surface area contributed by atoms with Crippen LogP contribution in [-0.2, 0) is 70.1 Å². The van der Waals surface area contributed by atoms with E-state index in [0.29, 0.717) is 32.6 Å². The number of ether oxygens (including phenoxy) is 4. The van der Waals surface area contributed by atoms with Crippen LogP contribution < -0.4 is 30.6 Å². The van der Waals surface area contributed by atoms with Gasteiger partial charge in [0.2, 0.25) is 25.4 Å². The third-order valence-electron chi connectivity index (χ3n) is 14.7. The molecule has 2 aromatic heterocycles. The largest absolute Gasteiger partial charge is 0.547 e. The van der Waals surface area contributed by atoms with E-state index in [-0.39, 0.29) is 89.6 Å². The summed E-state index contributed by atoms with van der Waals surface area (Å²) in [6, 6.07) is 4.63. The monoisotopic (exact) mass is 1340 g/mol. The number of likely N-dealkylation sites (N-methyl/N-ethyl adjacent to an activating group) is 2. The molecule has 0 aliphatic carbocycles. The second-order valence-electron chi connectivity index (χ2n) is 23.6. The third kappa shape index (κ3) is 18.1. The summed E-state index contributed by atoms with van der Waals surface area (Å²) in [5, 5.41) is 40.7. The molecule has 4 aromatic rings. The smallest absolute Gasteiger partial charge is 0.534 e. The highest BCUT2D eigenvalue weighted by Gasteiger charge is 2.45. The van der Waals surface area contributed by atoms with E-state index < -0.39 is 163 Å². The van der Waals surface area contributed by atoms with Gasteiger partial charge in [0.25, 0.3) is 0 Å². The number of halogens is 2. The van der Waals surface area contributed by atoms with Crippen molar-refractivity contribution in [2.45, 2.75) is 114 Å². The highest BCUT2D eigenvalue weighted by Crippen LogP contribution is 2.33. The van der Waals surface area contributed by atoms with Crippen molar-refractivity contribution in [2.75, 3.05) is 52.9 Å². The van der Waals surface area contributed by atoms with E-state index in [2.05, 4.69) is 31.2 Å². The Labute approximate surface area is 551 Å². The van der Waals surface area contributed by atoms with Gasteiger partial charge in [-0.25, -0.2) is 28.0 Å². The van der Waals surface area contributed by atoms with E-state index >= 15 is 4.39 Å². The molecule has 31 nitrogen and oxygen atoms in total. The zero-order valence-electron chi connectivity index (χ0n) is 52.4. The summed E-state index contributed by atoms with van der Waals surface area (Å²) >= 11 is 0. The van der Waals surface area contributed by atoms with Crippen LogP contribution in [0.5, 0.6) is 17.2 Å². The number of nitrogens with zero attached hydrogens (tertiary/aromatic N) is 6. The number of hydrogen-bond donors (Lipinski definition) is 7. The maximum Gasteiger partial charge on any atom is 0.547 e. The fraction of sp³-hybridized carbons (Fsp3) is 0.443. The van der Waals surface area contributed by atoms with Gasteiger partial charge in [-0.05, 0) is 110 Å². The molecule has 4 aliphatic heterocycles. The molecule has 4 aliphatic rings. The molecule has 516 valence electrons. The number of esters is 4. The number of amides is 10. The SMILES string of the molecule is C.C.CCN1CCN(C(=O)NC(C(=O)N[C@H]2Cc3cccc(C(=O)OCOC(=O)C(C)(C)C)c3OB2O)c2ncc(C)cc2F)C(=O)C1=O.CCN1CCN(C(=O)NC(C(=O)N[C@H]2Cc3cccc(C(=O)OCOC(=O)C(C)(C)C)c3OB2O)c2ncc(O)cc2F)C(=O)C1=O. The number of urea groups is 2. The van der Waals surface area contributed by atoms with Crippen molar-refractivity contribution in [3.8, 4) is 17.2 Å². The Kier molecular flexibility index (Phi) is 25.6. The number of imide groups is 2. The highest BCUT2D eigenvalue weighted by atomic mass is 19.1. The first-order valence-corrected chi connectivity index (χ1v) is 29.3. The number of fused-ring (bicyclic) bond motifs is 2. The minimum absolute atomic E-state index is 0. The van der Waals surface area contributed by atoms with Crippen LogP contribution in [0.15, 0.2) is 60.9 Å². The standard InChI is InChI=1S/C30H35BFN5O10.C29H33BFN5O11.2CH4/c1-6-36-10-11-37(26(40)25(36)39)29(43)35-22(21-19(32)12-16(2)14-33-21)24(38)34-20-13-17-8-7-9-18(23(17)47-31(20)44)27(41)45-15-46-28(42)30(3,4)5;1-5-35-9-10-36(25(40)24(35)39)28(43)34-21(20-18(31)12-16(37)13-32-20)23(38)33-19-11-15-7-6-8-17(22(15)47-30(19)44)26(41)45-14-46-27(42)29(2,3)4;;/h7-9,12,14,20,22,44H,6,10-11,13,15H2,1-5H3,(H,34,38)(H,35,43);6-8,12-13,19,21,37,44H,5,9-11,14H2,1-4H3,(H,33,38)(H,34,43);2*1H4/t20-,22?;19-,21?;;/m00../s1. The average molecular weight is 1340 g/mol. The molecule has 2 fully saturated rings. The Morgan fingerprint density at radius 2 is 0.990 bits per heavy atom. The van der Waals surface area contributed by atoms with Gasteiger partial charge >= 0.3 is 73.8 Å².